The lowest BCUT2D eigenvalue weighted by atomic mass is 10.1. The van der Waals surface area contributed by atoms with Gasteiger partial charge in [-0.1, -0.05) is 0 Å². The lowest BCUT2D eigenvalue weighted by Crippen LogP contribution is -2.39. The van der Waals surface area contributed by atoms with Gasteiger partial charge >= 0.3 is 0 Å². The van der Waals surface area contributed by atoms with E-state index in [0.29, 0.717) is 0 Å². The number of nitrogen functional groups attached to an aromatic ring is 1. The summed E-state index contributed by atoms with van der Waals surface area (Å²) in [6.45, 7) is -0.125. The maximum absolute atomic E-state index is 12.0. The van der Waals surface area contributed by atoms with Crippen LogP contribution in [0.15, 0.2) is 23.1 Å². The lowest BCUT2D eigenvalue weighted by molar-refractivity contribution is 0.0906. The smallest absolute Gasteiger partial charge is 0.251 e. The van der Waals surface area contributed by atoms with Crippen LogP contribution in [0.1, 0.15) is 23.2 Å². The van der Waals surface area contributed by atoms with Crippen LogP contribution in [0.3, 0.4) is 0 Å². The van der Waals surface area contributed by atoms with Crippen LogP contribution >= 0.6 is 0 Å². The van der Waals surface area contributed by atoms with Crippen molar-refractivity contribution in [2.24, 2.45) is 0 Å². The number of aliphatic hydroxyl groups excluding tert-OH is 1. The average molecular weight is 284 g/mol. The highest BCUT2D eigenvalue weighted by Crippen LogP contribution is 2.35. The molecule has 0 unspecified atom stereocenters. The summed E-state index contributed by atoms with van der Waals surface area (Å²) in [5, 5.41) is 11.9. The summed E-state index contributed by atoms with van der Waals surface area (Å²) in [5.74, 6) is -0.427. The first-order valence-corrected chi connectivity index (χ1v) is 7.69. The first-order valence-electron chi connectivity index (χ1n) is 5.80. The predicted molar refractivity (Wildman–Crippen MR) is 70.5 cm³/mol. The van der Waals surface area contributed by atoms with Crippen LogP contribution in [0.4, 0.5) is 5.69 Å². The standard InChI is InChI=1S/C12H16N2O4S/c1-19(17,18)10-5-8(4-9(13)6-10)11(16)14-12(7-15)2-3-12/h4-6,15H,2-3,7,13H2,1H3,(H,14,16). The number of nitrogens with one attached hydrogen (secondary N) is 1. The molecule has 0 saturated heterocycles. The summed E-state index contributed by atoms with van der Waals surface area (Å²) in [5.41, 5.74) is 5.45. The Labute approximate surface area is 111 Å². The number of hydrogen-bond acceptors (Lipinski definition) is 5. The van der Waals surface area contributed by atoms with Crippen molar-refractivity contribution in [3.8, 4) is 0 Å². The molecular weight excluding hydrogens is 268 g/mol. The third-order valence-corrected chi connectivity index (χ3v) is 4.25. The number of carbonyl (C=O) groups excluding carboxylic acids is 1. The maximum atomic E-state index is 12.0. The molecule has 1 aliphatic carbocycles. The van der Waals surface area contributed by atoms with Gasteiger partial charge in [-0.25, -0.2) is 8.42 Å². The van der Waals surface area contributed by atoms with Gasteiger partial charge in [0.05, 0.1) is 17.0 Å². The summed E-state index contributed by atoms with van der Waals surface area (Å²) in [6.07, 6.45) is 2.49. The molecule has 2 rings (SSSR count). The largest absolute Gasteiger partial charge is 0.399 e. The van der Waals surface area contributed by atoms with Crippen molar-refractivity contribution in [3.05, 3.63) is 23.8 Å². The second kappa shape index (κ2) is 4.50. The molecular formula is C12H16N2O4S. The number of amides is 1. The molecule has 1 aromatic rings. The normalized spacial score (nSPS) is 16.9. The maximum Gasteiger partial charge on any atom is 0.251 e. The molecule has 6 nitrogen and oxygen atoms in total. The molecule has 1 saturated carbocycles. The highest BCUT2D eigenvalue weighted by atomic mass is 32.2. The van der Waals surface area contributed by atoms with Gasteiger partial charge in [0.2, 0.25) is 0 Å². The van der Waals surface area contributed by atoms with Crippen molar-refractivity contribution < 1.29 is 18.3 Å². The van der Waals surface area contributed by atoms with Crippen molar-refractivity contribution in [1.29, 1.82) is 0 Å². The van der Waals surface area contributed by atoms with E-state index in [4.69, 9.17) is 10.8 Å². The molecule has 0 spiro atoms. The molecule has 1 aromatic carbocycles. The quantitative estimate of drug-likeness (QED) is 0.670. The number of rotatable bonds is 4. The van der Waals surface area contributed by atoms with Crippen molar-refractivity contribution in [2.45, 2.75) is 23.3 Å². The Morgan fingerprint density at radius 2 is 2.05 bits per heavy atom. The zero-order valence-corrected chi connectivity index (χ0v) is 11.3. The third-order valence-electron chi connectivity index (χ3n) is 3.15. The fourth-order valence-electron chi connectivity index (χ4n) is 1.75. The number of sulfone groups is 1. The lowest BCUT2D eigenvalue weighted by Gasteiger charge is -2.14. The molecule has 4 N–H and O–H groups in total. The zero-order valence-electron chi connectivity index (χ0n) is 10.5. The number of aliphatic hydroxyl groups is 1. The van der Waals surface area contributed by atoms with E-state index in [1.807, 2.05) is 0 Å². The fraction of sp³-hybridized carbons (Fsp3) is 0.417. The predicted octanol–water partition coefficient (Wildman–Crippen LogP) is -0.0730. The van der Waals surface area contributed by atoms with Gasteiger partial charge < -0.3 is 16.2 Å². The number of carbonyl (C=O) groups is 1. The molecule has 0 atom stereocenters. The monoisotopic (exact) mass is 284 g/mol. The summed E-state index contributed by atoms with van der Waals surface area (Å²) in [6, 6.07) is 4.01. The summed E-state index contributed by atoms with van der Waals surface area (Å²) in [7, 11) is -3.42. The van der Waals surface area contributed by atoms with Crippen LogP contribution in [0, 0.1) is 0 Å². The van der Waals surface area contributed by atoms with Gasteiger partial charge in [0.25, 0.3) is 5.91 Å². The zero-order chi connectivity index (χ0) is 14.3. The van der Waals surface area contributed by atoms with Gasteiger partial charge in [-0.2, -0.15) is 0 Å². The Morgan fingerprint density at radius 3 is 2.53 bits per heavy atom. The SMILES string of the molecule is CS(=O)(=O)c1cc(N)cc(C(=O)NC2(CO)CC2)c1. The Hall–Kier alpha value is -1.60. The van der Waals surface area contributed by atoms with Gasteiger partial charge in [-0.3, -0.25) is 4.79 Å². The van der Waals surface area contributed by atoms with Crippen LogP contribution in [0.25, 0.3) is 0 Å². The summed E-state index contributed by atoms with van der Waals surface area (Å²) < 4.78 is 23.0. The fourth-order valence-corrected chi connectivity index (χ4v) is 2.44. The van der Waals surface area contributed by atoms with E-state index in [1.54, 1.807) is 0 Å². The van der Waals surface area contributed by atoms with E-state index in [9.17, 15) is 13.2 Å². The summed E-state index contributed by atoms with van der Waals surface area (Å²) in [4.78, 5) is 12.0. The third kappa shape index (κ3) is 3.05. The van der Waals surface area contributed by atoms with E-state index < -0.39 is 21.3 Å². The van der Waals surface area contributed by atoms with Crippen molar-refractivity contribution in [3.63, 3.8) is 0 Å². The molecule has 19 heavy (non-hydrogen) atoms. The molecule has 0 aromatic heterocycles. The van der Waals surface area contributed by atoms with Crippen LogP contribution < -0.4 is 11.1 Å². The van der Waals surface area contributed by atoms with Crippen LogP contribution in [0.5, 0.6) is 0 Å². The van der Waals surface area contributed by atoms with Gasteiger partial charge in [-0.05, 0) is 31.0 Å². The van der Waals surface area contributed by atoms with Crippen molar-refractivity contribution in [2.75, 3.05) is 18.6 Å². The highest BCUT2D eigenvalue weighted by Gasteiger charge is 2.43. The van der Waals surface area contributed by atoms with Crippen molar-refractivity contribution >= 4 is 21.4 Å². The second-order valence-corrected chi connectivity index (χ2v) is 6.97. The van der Waals surface area contributed by atoms with E-state index in [0.717, 1.165) is 19.1 Å². The number of anilines is 1. The van der Waals surface area contributed by atoms with Crippen LogP contribution in [0.2, 0.25) is 0 Å². The minimum Gasteiger partial charge on any atom is -0.399 e. The number of benzene rings is 1. The van der Waals surface area contributed by atoms with Gasteiger partial charge in [0.1, 0.15) is 0 Å². The van der Waals surface area contributed by atoms with E-state index in [2.05, 4.69) is 5.32 Å². The molecule has 0 heterocycles. The van der Waals surface area contributed by atoms with E-state index in [-0.39, 0.29) is 22.8 Å². The topological polar surface area (TPSA) is 109 Å². The Kier molecular flexibility index (Phi) is 3.27. The first-order chi connectivity index (χ1) is 8.76. The Bertz CT molecular complexity index is 621. The highest BCUT2D eigenvalue weighted by molar-refractivity contribution is 7.90. The molecule has 0 radical (unpaired) electrons. The van der Waals surface area contributed by atoms with E-state index in [1.165, 1.54) is 18.2 Å². The van der Waals surface area contributed by atoms with Gasteiger partial charge in [0.15, 0.2) is 9.84 Å². The Balaban J connectivity index is 2.30. The molecule has 1 amide bonds. The molecule has 0 aliphatic heterocycles. The number of hydrogen-bond donors (Lipinski definition) is 3. The molecule has 104 valence electrons. The van der Waals surface area contributed by atoms with Crippen LogP contribution in [-0.4, -0.2) is 37.8 Å². The van der Waals surface area contributed by atoms with Gasteiger partial charge in [-0.15, -0.1) is 0 Å². The Morgan fingerprint density at radius 1 is 1.42 bits per heavy atom. The average Bonchev–Trinajstić information content (AvgIpc) is 3.07. The minimum atomic E-state index is -3.42. The van der Waals surface area contributed by atoms with Gasteiger partial charge in [0, 0.05) is 17.5 Å². The minimum absolute atomic E-state index is 0.00601. The molecule has 0 bridgehead atoms. The number of nitrogens with two attached hydrogens (primary N) is 1. The van der Waals surface area contributed by atoms with Crippen LogP contribution in [-0.2, 0) is 9.84 Å². The molecule has 7 heteroatoms. The first kappa shape index (κ1) is 13.8. The van der Waals surface area contributed by atoms with Crippen molar-refractivity contribution in [1.82, 2.24) is 5.32 Å². The second-order valence-electron chi connectivity index (χ2n) is 4.96. The molecule has 1 fully saturated rings. The van der Waals surface area contributed by atoms with E-state index >= 15 is 0 Å². The summed E-state index contributed by atoms with van der Waals surface area (Å²) >= 11 is 0. The molecule has 1 aliphatic rings.